The molecule has 1 fully saturated rings. The number of amidine groups is 1. The number of methoxy groups -OCH3 is 1. The van der Waals surface area contributed by atoms with Crippen LogP contribution in [0.2, 0.25) is 0 Å². The lowest BCUT2D eigenvalue weighted by Crippen LogP contribution is -2.40. The average molecular weight is 409 g/mol. The topological polar surface area (TPSA) is 59.0 Å². The molecule has 0 aliphatic carbocycles. The van der Waals surface area contributed by atoms with Crippen molar-refractivity contribution in [1.29, 1.82) is 0 Å². The summed E-state index contributed by atoms with van der Waals surface area (Å²) in [5.74, 6) is -0.468. The summed E-state index contributed by atoms with van der Waals surface area (Å²) >= 11 is 4.88. The number of carbonyl (C=O) groups excluding carboxylic acids is 2. The van der Waals surface area contributed by atoms with E-state index in [-0.39, 0.29) is 11.2 Å². The third kappa shape index (κ3) is 2.80. The van der Waals surface area contributed by atoms with E-state index < -0.39 is 12.0 Å². The number of esters is 1. The summed E-state index contributed by atoms with van der Waals surface area (Å²) in [7, 11) is 1.34. The van der Waals surface area contributed by atoms with Crippen molar-refractivity contribution in [2.75, 3.05) is 7.11 Å². The Hall–Kier alpha value is -1.60. The van der Waals surface area contributed by atoms with Crippen molar-refractivity contribution in [3.05, 3.63) is 45.6 Å². The maximum Gasteiger partial charge on any atom is 0.338 e. The van der Waals surface area contributed by atoms with Gasteiger partial charge in [-0.15, -0.1) is 0 Å². The third-order valence-electron chi connectivity index (χ3n) is 4.11. The van der Waals surface area contributed by atoms with Crippen LogP contribution in [-0.2, 0) is 14.3 Å². The molecule has 0 aromatic heterocycles. The SMILES string of the molecule is CC[C@H]1SC2=NC(C)=C(C(=O)OC)[C@@H](c3ccc(Br)cc3)N2C1=O. The van der Waals surface area contributed by atoms with Crippen molar-refractivity contribution in [1.82, 2.24) is 4.90 Å². The summed E-state index contributed by atoms with van der Waals surface area (Å²) in [6, 6.07) is 7.11. The Morgan fingerprint density at radius 2 is 2.04 bits per heavy atom. The molecular formula is C17H17BrN2O3S. The molecule has 2 aliphatic heterocycles. The van der Waals surface area contributed by atoms with E-state index in [1.54, 1.807) is 11.8 Å². The maximum atomic E-state index is 12.8. The zero-order valence-corrected chi connectivity index (χ0v) is 16.0. The van der Waals surface area contributed by atoms with E-state index in [1.165, 1.54) is 18.9 Å². The van der Waals surface area contributed by atoms with Gasteiger partial charge in [0.1, 0.15) is 0 Å². The lowest BCUT2D eigenvalue weighted by atomic mass is 9.94. The minimum absolute atomic E-state index is 0.0110. The second-order valence-electron chi connectivity index (χ2n) is 5.56. The van der Waals surface area contributed by atoms with Crippen LogP contribution in [0, 0.1) is 0 Å². The van der Waals surface area contributed by atoms with Gasteiger partial charge >= 0.3 is 5.97 Å². The van der Waals surface area contributed by atoms with Gasteiger partial charge in [0.15, 0.2) is 5.17 Å². The molecule has 2 aliphatic rings. The van der Waals surface area contributed by atoms with Gasteiger partial charge in [0.25, 0.3) is 0 Å². The number of fused-ring (bicyclic) bond motifs is 1. The first kappa shape index (κ1) is 17.2. The predicted octanol–water partition coefficient (Wildman–Crippen LogP) is 3.66. The fourth-order valence-corrected chi connectivity index (χ4v) is 4.32. The number of carbonyl (C=O) groups is 2. The molecule has 2 heterocycles. The van der Waals surface area contributed by atoms with Gasteiger partial charge in [-0.2, -0.15) is 0 Å². The molecule has 2 atom stereocenters. The van der Waals surface area contributed by atoms with Gasteiger partial charge in [0, 0.05) is 4.47 Å². The molecule has 3 rings (SSSR count). The van der Waals surface area contributed by atoms with Crippen molar-refractivity contribution in [2.45, 2.75) is 31.6 Å². The summed E-state index contributed by atoms with van der Waals surface area (Å²) in [6.07, 6.45) is 0.721. The van der Waals surface area contributed by atoms with Crippen LogP contribution < -0.4 is 0 Å². The second-order valence-corrected chi connectivity index (χ2v) is 7.65. The van der Waals surface area contributed by atoms with E-state index in [0.717, 1.165) is 16.5 Å². The second kappa shape index (κ2) is 6.72. The molecule has 0 bridgehead atoms. The maximum absolute atomic E-state index is 12.8. The first-order valence-electron chi connectivity index (χ1n) is 7.60. The van der Waals surface area contributed by atoms with Crippen molar-refractivity contribution in [3.63, 3.8) is 0 Å². The normalized spacial score (nSPS) is 23.2. The standard InChI is InChI=1S/C17H17BrN2O3S/c1-4-12-15(21)20-14(10-5-7-11(18)8-6-10)13(16(22)23-3)9(2)19-17(20)24-12/h5-8,12,14H,4H2,1-3H3/t12-,14-/m1/s1. The number of allylic oxidation sites excluding steroid dienone is 1. The van der Waals surface area contributed by atoms with E-state index >= 15 is 0 Å². The Balaban J connectivity index is 2.15. The Morgan fingerprint density at radius 3 is 2.62 bits per heavy atom. The van der Waals surface area contributed by atoms with Crippen molar-refractivity contribution in [2.24, 2.45) is 4.99 Å². The highest BCUT2D eigenvalue weighted by Gasteiger charge is 2.46. The van der Waals surface area contributed by atoms with Crippen LogP contribution in [0.15, 0.2) is 45.0 Å². The number of ether oxygens (including phenoxy) is 1. The lowest BCUT2D eigenvalue weighted by molar-refractivity contribution is -0.137. The zero-order valence-electron chi connectivity index (χ0n) is 13.6. The van der Waals surface area contributed by atoms with Crippen LogP contribution in [0.25, 0.3) is 0 Å². The molecule has 126 valence electrons. The molecule has 0 radical (unpaired) electrons. The van der Waals surface area contributed by atoms with Gasteiger partial charge in [-0.1, -0.05) is 46.7 Å². The summed E-state index contributed by atoms with van der Waals surface area (Å²) in [5.41, 5.74) is 1.86. The number of rotatable bonds is 3. The summed E-state index contributed by atoms with van der Waals surface area (Å²) in [5, 5.41) is 0.497. The van der Waals surface area contributed by atoms with Crippen LogP contribution >= 0.6 is 27.7 Å². The zero-order chi connectivity index (χ0) is 17.4. The number of amides is 1. The number of hydrogen-bond donors (Lipinski definition) is 0. The minimum atomic E-state index is -0.505. The van der Waals surface area contributed by atoms with Crippen LogP contribution in [-0.4, -0.2) is 34.3 Å². The fraction of sp³-hybridized carbons (Fsp3) is 0.353. The molecule has 1 aromatic rings. The average Bonchev–Trinajstić information content (AvgIpc) is 2.89. The lowest BCUT2D eigenvalue weighted by Gasteiger charge is -2.32. The van der Waals surface area contributed by atoms with E-state index in [4.69, 9.17) is 4.74 Å². The van der Waals surface area contributed by atoms with Gasteiger partial charge in [0.2, 0.25) is 5.91 Å². The molecule has 1 saturated heterocycles. The first-order chi connectivity index (χ1) is 11.5. The van der Waals surface area contributed by atoms with Crippen molar-refractivity contribution < 1.29 is 14.3 Å². The number of aliphatic imine (C=N–C) groups is 1. The summed E-state index contributed by atoms with van der Waals surface area (Å²) < 4.78 is 5.89. The molecule has 0 spiro atoms. The van der Waals surface area contributed by atoms with Crippen LogP contribution in [0.1, 0.15) is 31.9 Å². The van der Waals surface area contributed by atoms with Gasteiger partial charge in [0.05, 0.1) is 29.7 Å². The van der Waals surface area contributed by atoms with Crippen LogP contribution in [0.4, 0.5) is 0 Å². The smallest absolute Gasteiger partial charge is 0.338 e. The monoisotopic (exact) mass is 408 g/mol. The van der Waals surface area contributed by atoms with Crippen LogP contribution in [0.5, 0.6) is 0 Å². The van der Waals surface area contributed by atoms with E-state index in [0.29, 0.717) is 16.4 Å². The van der Waals surface area contributed by atoms with Gasteiger partial charge in [-0.05, 0) is 31.0 Å². The van der Waals surface area contributed by atoms with Crippen molar-refractivity contribution >= 4 is 44.7 Å². The number of halogens is 1. The number of hydrogen-bond acceptors (Lipinski definition) is 5. The molecule has 24 heavy (non-hydrogen) atoms. The van der Waals surface area contributed by atoms with Crippen LogP contribution in [0.3, 0.4) is 0 Å². The highest BCUT2D eigenvalue weighted by Crippen LogP contribution is 2.44. The number of nitrogens with zero attached hydrogens (tertiary/aromatic N) is 2. The highest BCUT2D eigenvalue weighted by atomic mass is 79.9. The number of benzene rings is 1. The summed E-state index contributed by atoms with van der Waals surface area (Å²) in [4.78, 5) is 31.3. The minimum Gasteiger partial charge on any atom is -0.466 e. The van der Waals surface area contributed by atoms with Gasteiger partial charge in [-0.25, -0.2) is 9.79 Å². The predicted molar refractivity (Wildman–Crippen MR) is 97.6 cm³/mol. The molecule has 5 nitrogen and oxygen atoms in total. The van der Waals surface area contributed by atoms with Gasteiger partial charge < -0.3 is 4.74 Å². The number of thioether (sulfide) groups is 1. The van der Waals surface area contributed by atoms with E-state index in [2.05, 4.69) is 20.9 Å². The molecule has 1 amide bonds. The Kier molecular flexibility index (Phi) is 4.83. The fourth-order valence-electron chi connectivity index (χ4n) is 2.92. The molecular weight excluding hydrogens is 392 g/mol. The summed E-state index contributed by atoms with van der Waals surface area (Å²) in [6.45, 7) is 3.76. The third-order valence-corrected chi connectivity index (χ3v) is 5.96. The molecule has 1 aromatic carbocycles. The van der Waals surface area contributed by atoms with Crippen molar-refractivity contribution in [3.8, 4) is 0 Å². The Bertz CT molecular complexity index is 758. The molecule has 7 heteroatoms. The molecule has 0 unspecified atom stereocenters. The molecule has 0 saturated carbocycles. The van der Waals surface area contributed by atoms with Gasteiger partial charge in [-0.3, -0.25) is 9.69 Å². The van der Waals surface area contributed by atoms with E-state index in [9.17, 15) is 9.59 Å². The molecule has 0 N–H and O–H groups in total. The largest absolute Gasteiger partial charge is 0.466 e. The Labute approximate surface area is 153 Å². The van der Waals surface area contributed by atoms with E-state index in [1.807, 2.05) is 31.2 Å². The quantitative estimate of drug-likeness (QED) is 0.715. The Morgan fingerprint density at radius 1 is 1.38 bits per heavy atom. The first-order valence-corrected chi connectivity index (χ1v) is 9.28. The highest BCUT2D eigenvalue weighted by molar-refractivity contribution is 9.10.